The Bertz CT molecular complexity index is 868. The van der Waals surface area contributed by atoms with Crippen molar-refractivity contribution in [2.45, 2.75) is 6.42 Å². The quantitative estimate of drug-likeness (QED) is 0.796. The van der Waals surface area contributed by atoms with Crippen molar-refractivity contribution >= 4 is 29.1 Å². The van der Waals surface area contributed by atoms with Gasteiger partial charge in [0.25, 0.3) is 5.91 Å². The van der Waals surface area contributed by atoms with Gasteiger partial charge in [-0.25, -0.2) is 4.39 Å². The third-order valence-electron chi connectivity index (χ3n) is 4.39. The molecule has 1 saturated heterocycles. The molecule has 3 amide bonds. The molecular weight excluding hydrogens is 365 g/mol. The number of ether oxygens (including phenoxy) is 1. The van der Waals surface area contributed by atoms with Gasteiger partial charge in [-0.15, -0.1) is 0 Å². The number of carbonyl (C=O) groups is 3. The molecule has 7 nitrogen and oxygen atoms in total. The lowest BCUT2D eigenvalue weighted by molar-refractivity contribution is -0.125. The number of hydrogen-bond donors (Lipinski definition) is 2. The molecule has 1 heterocycles. The summed E-state index contributed by atoms with van der Waals surface area (Å²) in [6.07, 6.45) is 0.182. The predicted octanol–water partition coefficient (Wildman–Crippen LogP) is 1.94. The van der Waals surface area contributed by atoms with Crippen LogP contribution in [0, 0.1) is 11.7 Å². The van der Waals surface area contributed by atoms with Crippen molar-refractivity contribution in [3.8, 4) is 5.75 Å². The Hall–Kier alpha value is -3.42. The fourth-order valence-corrected chi connectivity index (χ4v) is 2.94. The van der Waals surface area contributed by atoms with Crippen LogP contribution in [-0.4, -0.2) is 37.9 Å². The van der Waals surface area contributed by atoms with Crippen molar-refractivity contribution in [1.29, 1.82) is 0 Å². The number of rotatable bonds is 6. The fourth-order valence-electron chi connectivity index (χ4n) is 2.94. The van der Waals surface area contributed by atoms with Gasteiger partial charge in [-0.2, -0.15) is 0 Å². The Morgan fingerprint density at radius 3 is 2.46 bits per heavy atom. The van der Waals surface area contributed by atoms with E-state index in [0.717, 1.165) is 0 Å². The predicted molar refractivity (Wildman–Crippen MR) is 101 cm³/mol. The molecule has 0 saturated carbocycles. The molecule has 3 rings (SSSR count). The minimum Gasteiger partial charge on any atom is -0.484 e. The molecule has 0 unspecified atom stereocenters. The summed E-state index contributed by atoms with van der Waals surface area (Å²) in [7, 11) is 1.55. The molecule has 8 heteroatoms. The minimum absolute atomic E-state index is 0.110. The highest BCUT2D eigenvalue weighted by Gasteiger charge is 2.34. The van der Waals surface area contributed by atoms with Gasteiger partial charge in [0.15, 0.2) is 6.61 Å². The second kappa shape index (κ2) is 8.51. The smallest absolute Gasteiger partial charge is 0.262 e. The van der Waals surface area contributed by atoms with Gasteiger partial charge in [0.05, 0.1) is 5.92 Å². The van der Waals surface area contributed by atoms with Gasteiger partial charge >= 0.3 is 0 Å². The van der Waals surface area contributed by atoms with E-state index in [2.05, 4.69) is 10.6 Å². The maximum atomic E-state index is 12.9. The lowest BCUT2D eigenvalue weighted by Gasteiger charge is -2.17. The van der Waals surface area contributed by atoms with Crippen molar-refractivity contribution in [2.75, 3.05) is 30.4 Å². The van der Waals surface area contributed by atoms with Crippen molar-refractivity contribution < 1.29 is 23.5 Å². The molecule has 2 aromatic carbocycles. The van der Waals surface area contributed by atoms with E-state index in [4.69, 9.17) is 4.74 Å². The van der Waals surface area contributed by atoms with E-state index < -0.39 is 0 Å². The molecule has 0 aromatic heterocycles. The van der Waals surface area contributed by atoms with Gasteiger partial charge < -0.3 is 20.3 Å². The number of nitrogens with one attached hydrogen (secondary N) is 2. The van der Waals surface area contributed by atoms with Crippen LogP contribution < -0.4 is 20.3 Å². The summed E-state index contributed by atoms with van der Waals surface area (Å²) >= 11 is 0. The van der Waals surface area contributed by atoms with Crippen molar-refractivity contribution in [1.82, 2.24) is 5.32 Å². The molecule has 146 valence electrons. The number of nitrogens with zero attached hydrogens (tertiary/aromatic N) is 1. The van der Waals surface area contributed by atoms with Gasteiger partial charge in [0.2, 0.25) is 11.8 Å². The molecule has 28 heavy (non-hydrogen) atoms. The highest BCUT2D eigenvalue weighted by atomic mass is 19.1. The van der Waals surface area contributed by atoms with E-state index >= 15 is 0 Å². The lowest BCUT2D eigenvalue weighted by Crippen LogP contribution is -2.30. The number of benzene rings is 2. The number of carbonyl (C=O) groups excluding carboxylic acids is 3. The number of anilines is 2. The third-order valence-corrected chi connectivity index (χ3v) is 4.39. The van der Waals surface area contributed by atoms with Crippen LogP contribution in [-0.2, 0) is 14.4 Å². The number of amides is 3. The second-order valence-electron chi connectivity index (χ2n) is 6.36. The zero-order chi connectivity index (χ0) is 20.1. The van der Waals surface area contributed by atoms with Crippen LogP contribution in [0.15, 0.2) is 48.5 Å². The van der Waals surface area contributed by atoms with Gasteiger partial charge in [-0.05, 0) is 48.5 Å². The van der Waals surface area contributed by atoms with Crippen LogP contribution in [0.4, 0.5) is 15.8 Å². The Kier molecular flexibility index (Phi) is 5.88. The van der Waals surface area contributed by atoms with Crippen LogP contribution in [0.1, 0.15) is 6.42 Å². The number of halogens is 1. The summed E-state index contributed by atoms with van der Waals surface area (Å²) in [5.41, 5.74) is 1.14. The fraction of sp³-hybridized carbons (Fsp3) is 0.250. The van der Waals surface area contributed by atoms with E-state index in [1.165, 1.54) is 24.3 Å². The zero-order valence-electron chi connectivity index (χ0n) is 15.3. The van der Waals surface area contributed by atoms with Gasteiger partial charge in [-0.1, -0.05) is 0 Å². The minimum atomic E-state index is -0.382. The van der Waals surface area contributed by atoms with Gasteiger partial charge in [0.1, 0.15) is 11.6 Å². The van der Waals surface area contributed by atoms with Crippen LogP contribution >= 0.6 is 0 Å². The van der Waals surface area contributed by atoms with Crippen LogP contribution in [0.2, 0.25) is 0 Å². The Morgan fingerprint density at radius 1 is 1.14 bits per heavy atom. The Balaban J connectivity index is 1.53. The SMILES string of the molecule is CNC(=O)[C@@H]1CC(=O)N(c2ccc(OCC(=O)Nc3ccc(F)cc3)cc2)C1. The molecule has 1 aliphatic heterocycles. The molecule has 1 atom stereocenters. The zero-order valence-corrected chi connectivity index (χ0v) is 15.3. The summed E-state index contributed by atoms with van der Waals surface area (Å²) in [5.74, 6) is -0.911. The van der Waals surface area contributed by atoms with E-state index in [0.29, 0.717) is 23.7 Å². The largest absolute Gasteiger partial charge is 0.484 e. The summed E-state index contributed by atoms with van der Waals surface area (Å²) in [5, 5.41) is 5.16. The standard InChI is InChI=1S/C20H20FN3O4/c1-22-20(27)13-10-19(26)24(11-13)16-6-8-17(9-7-16)28-12-18(25)23-15-4-2-14(21)3-5-15/h2-9,13H,10-12H2,1H3,(H,22,27)(H,23,25)/t13-/m1/s1. The first-order valence-corrected chi connectivity index (χ1v) is 8.76. The average Bonchev–Trinajstić information content (AvgIpc) is 3.09. The summed E-state index contributed by atoms with van der Waals surface area (Å²) in [4.78, 5) is 37.3. The Labute approximate surface area is 161 Å². The highest BCUT2D eigenvalue weighted by molar-refractivity contribution is 6.00. The van der Waals surface area contributed by atoms with Crippen LogP contribution in [0.3, 0.4) is 0 Å². The molecular formula is C20H20FN3O4. The topological polar surface area (TPSA) is 87.7 Å². The molecule has 0 spiro atoms. The molecule has 0 aliphatic carbocycles. The molecule has 2 N–H and O–H groups in total. The summed E-state index contributed by atoms with van der Waals surface area (Å²) < 4.78 is 18.3. The second-order valence-corrected chi connectivity index (χ2v) is 6.36. The maximum Gasteiger partial charge on any atom is 0.262 e. The van der Waals surface area contributed by atoms with Crippen molar-refractivity contribution in [3.63, 3.8) is 0 Å². The Morgan fingerprint density at radius 2 is 1.82 bits per heavy atom. The van der Waals surface area contributed by atoms with Crippen LogP contribution in [0.5, 0.6) is 5.75 Å². The third kappa shape index (κ3) is 4.64. The van der Waals surface area contributed by atoms with Gasteiger partial charge in [-0.3, -0.25) is 14.4 Å². The molecule has 2 aromatic rings. The molecule has 0 bridgehead atoms. The van der Waals surface area contributed by atoms with Crippen LogP contribution in [0.25, 0.3) is 0 Å². The van der Waals surface area contributed by atoms with Crippen molar-refractivity contribution in [3.05, 3.63) is 54.3 Å². The first kappa shape index (κ1) is 19.3. The first-order chi connectivity index (χ1) is 13.5. The lowest BCUT2D eigenvalue weighted by atomic mass is 10.1. The normalized spacial score (nSPS) is 16.0. The molecule has 0 radical (unpaired) electrons. The van der Waals surface area contributed by atoms with E-state index in [1.807, 2.05) is 0 Å². The summed E-state index contributed by atoms with van der Waals surface area (Å²) in [6.45, 7) is 0.122. The van der Waals surface area contributed by atoms with Crippen molar-refractivity contribution in [2.24, 2.45) is 5.92 Å². The van der Waals surface area contributed by atoms with E-state index in [9.17, 15) is 18.8 Å². The molecule has 1 aliphatic rings. The monoisotopic (exact) mass is 385 g/mol. The molecule has 1 fully saturated rings. The number of hydrogen-bond acceptors (Lipinski definition) is 4. The maximum absolute atomic E-state index is 12.9. The van der Waals surface area contributed by atoms with Gasteiger partial charge in [0, 0.05) is 31.4 Å². The average molecular weight is 385 g/mol. The van der Waals surface area contributed by atoms with E-state index in [1.54, 1.807) is 36.2 Å². The summed E-state index contributed by atoms with van der Waals surface area (Å²) in [6, 6.07) is 12.1. The first-order valence-electron chi connectivity index (χ1n) is 8.76. The van der Waals surface area contributed by atoms with E-state index in [-0.39, 0.29) is 42.5 Å². The highest BCUT2D eigenvalue weighted by Crippen LogP contribution is 2.27.